The molecule has 21 heavy (non-hydrogen) atoms. The molecule has 0 unspecified atom stereocenters. The van der Waals surface area contributed by atoms with Crippen molar-refractivity contribution in [1.29, 1.82) is 0 Å². The number of rotatable bonds is 3. The Kier molecular flexibility index (Phi) is 3.48. The van der Waals surface area contributed by atoms with Crippen LogP contribution in [0.15, 0.2) is 36.4 Å². The number of anilines is 1. The molecule has 108 valence electrons. The quantitative estimate of drug-likeness (QED) is 0.682. The first-order valence-corrected chi connectivity index (χ1v) is 6.94. The molecule has 5 heteroatoms. The first-order valence-electron chi connectivity index (χ1n) is 6.94. The molecule has 1 heterocycles. The average molecular weight is 284 g/mol. The summed E-state index contributed by atoms with van der Waals surface area (Å²) in [5.41, 5.74) is 2.91. The number of hydrogen-bond acceptors (Lipinski definition) is 4. The average Bonchev–Trinajstić information content (AvgIpc) is 2.49. The van der Waals surface area contributed by atoms with Gasteiger partial charge in [-0.2, -0.15) is 0 Å². The van der Waals surface area contributed by atoms with E-state index in [4.69, 9.17) is 4.74 Å². The van der Waals surface area contributed by atoms with Gasteiger partial charge < -0.3 is 10.1 Å². The zero-order valence-electron chi connectivity index (χ0n) is 11.8. The van der Waals surface area contributed by atoms with Crippen LogP contribution in [0, 0.1) is 17.0 Å². The highest BCUT2D eigenvalue weighted by Crippen LogP contribution is 2.36. The molecule has 0 aromatic heterocycles. The lowest BCUT2D eigenvalue weighted by atomic mass is 10.0. The van der Waals surface area contributed by atoms with Gasteiger partial charge in [0, 0.05) is 12.1 Å². The normalized spacial score (nSPS) is 13.2. The van der Waals surface area contributed by atoms with Gasteiger partial charge in [-0.25, -0.2) is 0 Å². The number of nitrogens with one attached hydrogen (secondary N) is 1. The molecule has 3 rings (SSSR count). The number of nitro benzene ring substituents is 1. The van der Waals surface area contributed by atoms with E-state index in [2.05, 4.69) is 11.4 Å². The summed E-state index contributed by atoms with van der Waals surface area (Å²) in [5.74, 6) is 1.19. The van der Waals surface area contributed by atoms with Crippen LogP contribution in [0.2, 0.25) is 0 Å². The van der Waals surface area contributed by atoms with Crippen molar-refractivity contribution in [3.05, 3.63) is 57.6 Å². The lowest BCUT2D eigenvalue weighted by Crippen LogP contribution is -2.12. The van der Waals surface area contributed by atoms with E-state index in [-0.39, 0.29) is 10.6 Å². The van der Waals surface area contributed by atoms with Gasteiger partial charge >= 0.3 is 0 Å². The van der Waals surface area contributed by atoms with E-state index in [1.807, 2.05) is 12.1 Å². The third kappa shape index (κ3) is 2.67. The monoisotopic (exact) mass is 284 g/mol. The Hall–Kier alpha value is -2.56. The highest BCUT2D eigenvalue weighted by Gasteiger charge is 2.16. The van der Waals surface area contributed by atoms with Gasteiger partial charge in [0.05, 0.1) is 16.7 Å². The summed E-state index contributed by atoms with van der Waals surface area (Å²) in [6.07, 6.45) is 2.13. The van der Waals surface area contributed by atoms with Crippen molar-refractivity contribution in [2.75, 3.05) is 11.9 Å². The molecule has 2 aromatic carbocycles. The maximum atomic E-state index is 11.0. The summed E-state index contributed by atoms with van der Waals surface area (Å²) in [5, 5.41) is 14.3. The van der Waals surface area contributed by atoms with Gasteiger partial charge in [-0.05, 0) is 43.5 Å². The van der Waals surface area contributed by atoms with Crippen molar-refractivity contribution in [3.8, 4) is 11.5 Å². The van der Waals surface area contributed by atoms with Crippen LogP contribution in [0.1, 0.15) is 17.5 Å². The van der Waals surface area contributed by atoms with Crippen LogP contribution in [-0.4, -0.2) is 11.5 Å². The predicted molar refractivity (Wildman–Crippen MR) is 81.2 cm³/mol. The van der Waals surface area contributed by atoms with Gasteiger partial charge in [0.25, 0.3) is 5.69 Å². The molecule has 5 nitrogen and oxygen atoms in total. The molecule has 0 spiro atoms. The smallest absolute Gasteiger partial charge is 0.276 e. The van der Waals surface area contributed by atoms with Crippen molar-refractivity contribution < 1.29 is 9.66 Å². The second-order valence-corrected chi connectivity index (χ2v) is 5.13. The van der Waals surface area contributed by atoms with E-state index in [1.54, 1.807) is 19.1 Å². The Balaban J connectivity index is 1.94. The molecule has 0 aliphatic carbocycles. The van der Waals surface area contributed by atoms with E-state index in [1.165, 1.54) is 11.6 Å². The number of ether oxygens (including phenoxy) is 1. The van der Waals surface area contributed by atoms with Crippen molar-refractivity contribution in [3.63, 3.8) is 0 Å². The van der Waals surface area contributed by atoms with E-state index < -0.39 is 0 Å². The van der Waals surface area contributed by atoms with Crippen LogP contribution in [0.3, 0.4) is 0 Å². The van der Waals surface area contributed by atoms with Gasteiger partial charge in [0.15, 0.2) is 5.75 Å². The fraction of sp³-hybridized carbons (Fsp3) is 0.250. The topological polar surface area (TPSA) is 64.4 Å². The number of nitro groups is 1. The SMILES string of the molecule is Cc1ccc(Oc2cccc3c2NCCC3)cc1[N+](=O)[O-]. The van der Waals surface area contributed by atoms with Gasteiger partial charge in [-0.15, -0.1) is 0 Å². The highest BCUT2D eigenvalue weighted by atomic mass is 16.6. The lowest BCUT2D eigenvalue weighted by Gasteiger charge is -2.21. The second kappa shape index (κ2) is 5.44. The van der Waals surface area contributed by atoms with Gasteiger partial charge in [0.1, 0.15) is 5.75 Å². The number of aryl methyl sites for hydroxylation is 2. The molecule has 0 bridgehead atoms. The van der Waals surface area contributed by atoms with Crippen molar-refractivity contribution in [2.24, 2.45) is 0 Å². The number of para-hydroxylation sites is 1. The lowest BCUT2D eigenvalue weighted by molar-refractivity contribution is -0.385. The van der Waals surface area contributed by atoms with E-state index >= 15 is 0 Å². The summed E-state index contributed by atoms with van der Waals surface area (Å²) in [6.45, 7) is 2.63. The van der Waals surface area contributed by atoms with Gasteiger partial charge in [0.2, 0.25) is 0 Å². The maximum Gasteiger partial charge on any atom is 0.276 e. The molecule has 1 aliphatic rings. The molecule has 0 atom stereocenters. The third-order valence-electron chi connectivity index (χ3n) is 3.64. The number of nitrogens with zero attached hydrogens (tertiary/aromatic N) is 1. The Labute approximate surface area is 122 Å². The summed E-state index contributed by atoms with van der Waals surface area (Å²) < 4.78 is 5.86. The van der Waals surface area contributed by atoms with Crippen molar-refractivity contribution in [2.45, 2.75) is 19.8 Å². The molecular formula is C16H16N2O3. The number of fused-ring (bicyclic) bond motifs is 1. The minimum atomic E-state index is -0.388. The molecule has 1 N–H and O–H groups in total. The standard InChI is InChI=1S/C16H16N2O3/c1-11-7-8-13(10-14(11)18(19)20)21-15-6-2-4-12-5-3-9-17-16(12)15/h2,4,6-8,10,17H,3,5,9H2,1H3. The van der Waals surface area contributed by atoms with Crippen LogP contribution in [0.4, 0.5) is 11.4 Å². The molecule has 0 saturated carbocycles. The van der Waals surface area contributed by atoms with Crippen LogP contribution >= 0.6 is 0 Å². The van der Waals surface area contributed by atoms with Crippen molar-refractivity contribution in [1.82, 2.24) is 0 Å². The van der Waals surface area contributed by atoms with Crippen molar-refractivity contribution >= 4 is 11.4 Å². The zero-order valence-corrected chi connectivity index (χ0v) is 11.8. The minimum absolute atomic E-state index is 0.0743. The molecule has 0 amide bonds. The Bertz CT molecular complexity index is 698. The van der Waals surface area contributed by atoms with E-state index in [0.29, 0.717) is 17.1 Å². The van der Waals surface area contributed by atoms with Crippen LogP contribution in [0.5, 0.6) is 11.5 Å². The molecular weight excluding hydrogens is 268 g/mol. The first kappa shape index (κ1) is 13.4. The second-order valence-electron chi connectivity index (χ2n) is 5.13. The van der Waals surface area contributed by atoms with Crippen LogP contribution < -0.4 is 10.1 Å². The van der Waals surface area contributed by atoms with Crippen LogP contribution in [0.25, 0.3) is 0 Å². The Morgan fingerprint density at radius 3 is 2.95 bits per heavy atom. The van der Waals surface area contributed by atoms with Gasteiger partial charge in [-0.1, -0.05) is 12.1 Å². The summed E-state index contributed by atoms with van der Waals surface area (Å²) >= 11 is 0. The molecule has 0 radical (unpaired) electrons. The van der Waals surface area contributed by atoms with E-state index in [9.17, 15) is 10.1 Å². The number of benzene rings is 2. The maximum absolute atomic E-state index is 11.0. The molecule has 2 aromatic rings. The molecule has 0 saturated heterocycles. The fourth-order valence-electron chi connectivity index (χ4n) is 2.54. The minimum Gasteiger partial charge on any atom is -0.455 e. The Morgan fingerprint density at radius 2 is 2.14 bits per heavy atom. The van der Waals surface area contributed by atoms with Crippen LogP contribution in [-0.2, 0) is 6.42 Å². The molecule has 0 fully saturated rings. The highest BCUT2D eigenvalue weighted by molar-refractivity contribution is 5.64. The van der Waals surface area contributed by atoms with E-state index in [0.717, 1.165) is 25.1 Å². The zero-order chi connectivity index (χ0) is 14.8. The predicted octanol–water partition coefficient (Wildman–Crippen LogP) is 4.05. The summed E-state index contributed by atoms with van der Waals surface area (Å²) in [4.78, 5) is 10.6. The largest absolute Gasteiger partial charge is 0.455 e. The summed E-state index contributed by atoms with van der Waals surface area (Å²) in [7, 11) is 0. The Morgan fingerprint density at radius 1 is 1.29 bits per heavy atom. The van der Waals surface area contributed by atoms with Gasteiger partial charge in [-0.3, -0.25) is 10.1 Å². The number of hydrogen-bond donors (Lipinski definition) is 1. The fourth-order valence-corrected chi connectivity index (χ4v) is 2.54. The first-order chi connectivity index (χ1) is 10.1. The molecule has 1 aliphatic heterocycles. The summed E-state index contributed by atoms with van der Waals surface area (Å²) in [6, 6.07) is 10.8. The third-order valence-corrected chi connectivity index (χ3v) is 3.64.